The van der Waals surface area contributed by atoms with Crippen molar-refractivity contribution < 1.29 is 27.5 Å². The summed E-state index contributed by atoms with van der Waals surface area (Å²) in [5, 5.41) is -0.799. The van der Waals surface area contributed by atoms with E-state index in [0.717, 1.165) is 11.2 Å². The number of likely N-dealkylation sites (tertiary alicyclic amines) is 1. The number of sulfone groups is 1. The number of amides is 1. The highest BCUT2D eigenvalue weighted by Gasteiger charge is 2.43. The minimum Gasteiger partial charge on any atom is -0.467 e. The van der Waals surface area contributed by atoms with Crippen molar-refractivity contribution >= 4 is 27.5 Å². The topological polar surface area (TPSA) is 97.8 Å². The molecule has 19 heavy (non-hydrogen) atoms. The smallest absolute Gasteiger partial charge is 0.328 e. The molecule has 1 rings (SSSR count). The van der Waals surface area contributed by atoms with Gasteiger partial charge >= 0.3 is 5.97 Å². The summed E-state index contributed by atoms with van der Waals surface area (Å²) in [7, 11) is -2.19. The van der Waals surface area contributed by atoms with Gasteiger partial charge in [-0.15, -0.1) is 0 Å². The van der Waals surface area contributed by atoms with E-state index in [1.807, 2.05) is 0 Å². The molecule has 1 fully saturated rings. The van der Waals surface area contributed by atoms with Crippen molar-refractivity contribution in [1.29, 1.82) is 0 Å². The highest BCUT2D eigenvalue weighted by atomic mass is 32.2. The van der Waals surface area contributed by atoms with Gasteiger partial charge in [-0.1, -0.05) is 0 Å². The Morgan fingerprint density at radius 2 is 1.89 bits per heavy atom. The largest absolute Gasteiger partial charge is 0.467 e. The van der Waals surface area contributed by atoms with Crippen LogP contribution >= 0.6 is 0 Å². The summed E-state index contributed by atoms with van der Waals surface area (Å²) in [5.74, 6) is -1.55. The Balaban J connectivity index is 2.95. The number of carbonyl (C=O) groups excluding carboxylic acids is 3. The second-order valence-corrected chi connectivity index (χ2v) is 6.98. The molecule has 0 aromatic heterocycles. The minimum atomic E-state index is -3.36. The van der Waals surface area contributed by atoms with Crippen LogP contribution in [0.2, 0.25) is 0 Å². The number of rotatable bonds is 4. The average Bonchev–Trinajstić information content (AvgIpc) is 2.71. The van der Waals surface area contributed by atoms with E-state index in [0.29, 0.717) is 0 Å². The van der Waals surface area contributed by atoms with Crippen LogP contribution in [-0.4, -0.2) is 62.2 Å². The normalized spacial score (nSPS) is 23.2. The van der Waals surface area contributed by atoms with Crippen molar-refractivity contribution in [1.82, 2.24) is 4.90 Å². The molecule has 108 valence electrons. The van der Waals surface area contributed by atoms with Gasteiger partial charge in [-0.25, -0.2) is 13.2 Å². The molecular weight excluding hydrogens is 274 g/mol. The molecule has 0 bridgehead atoms. The van der Waals surface area contributed by atoms with E-state index in [2.05, 4.69) is 4.74 Å². The van der Waals surface area contributed by atoms with Gasteiger partial charge in [-0.2, -0.15) is 0 Å². The zero-order chi connectivity index (χ0) is 14.8. The fourth-order valence-corrected chi connectivity index (χ4v) is 3.02. The van der Waals surface area contributed by atoms with Crippen LogP contribution in [0.15, 0.2) is 0 Å². The summed E-state index contributed by atoms with van der Waals surface area (Å²) in [5.41, 5.74) is 0. The number of ether oxygens (including phenoxy) is 1. The second-order valence-electron chi connectivity index (χ2n) is 4.65. The van der Waals surface area contributed by atoms with Gasteiger partial charge in [-0.3, -0.25) is 9.59 Å². The van der Waals surface area contributed by atoms with Crippen molar-refractivity contribution in [2.75, 3.05) is 19.9 Å². The molecule has 0 spiro atoms. The highest BCUT2D eigenvalue weighted by Crippen LogP contribution is 2.24. The average molecular weight is 291 g/mol. The number of hydrogen-bond acceptors (Lipinski definition) is 6. The maximum atomic E-state index is 11.9. The van der Waals surface area contributed by atoms with E-state index in [1.54, 1.807) is 0 Å². The van der Waals surface area contributed by atoms with E-state index >= 15 is 0 Å². The molecule has 8 heteroatoms. The molecule has 1 amide bonds. The number of methoxy groups -OCH3 is 1. The summed E-state index contributed by atoms with van der Waals surface area (Å²) in [4.78, 5) is 35.5. The monoisotopic (exact) mass is 291 g/mol. The van der Waals surface area contributed by atoms with Crippen LogP contribution in [0.1, 0.15) is 19.8 Å². The summed E-state index contributed by atoms with van der Waals surface area (Å²) >= 11 is 0. The lowest BCUT2D eigenvalue weighted by Gasteiger charge is -2.21. The van der Waals surface area contributed by atoms with Crippen molar-refractivity contribution in [3.05, 3.63) is 0 Å². The Kier molecular flexibility index (Phi) is 4.67. The van der Waals surface area contributed by atoms with Gasteiger partial charge < -0.3 is 9.64 Å². The molecular formula is C11H17NO6S. The molecule has 2 atom stereocenters. The van der Waals surface area contributed by atoms with Gasteiger partial charge in [0.1, 0.15) is 11.8 Å². The molecule has 0 aliphatic carbocycles. The van der Waals surface area contributed by atoms with Crippen LogP contribution in [0.3, 0.4) is 0 Å². The van der Waals surface area contributed by atoms with E-state index in [-0.39, 0.29) is 25.2 Å². The van der Waals surface area contributed by atoms with Crippen LogP contribution in [0, 0.1) is 0 Å². The molecule has 1 heterocycles. The first-order valence-corrected chi connectivity index (χ1v) is 7.68. The molecule has 1 saturated heterocycles. The lowest BCUT2D eigenvalue weighted by atomic mass is 10.2. The maximum absolute atomic E-state index is 11.9. The molecule has 0 aromatic rings. The Morgan fingerprint density at radius 1 is 1.32 bits per heavy atom. The molecule has 0 N–H and O–H groups in total. The Hall–Kier alpha value is -1.44. The third-order valence-electron chi connectivity index (χ3n) is 3.06. The molecule has 1 aliphatic rings. The standard InChI is InChI=1S/C11H17NO6S/c1-7(13)4-10(14)12-6-8(19(3,16)17)5-9(12)11(15)18-2/h8-9H,4-6H2,1-3H3. The van der Waals surface area contributed by atoms with Crippen molar-refractivity contribution in [3.8, 4) is 0 Å². The number of nitrogens with zero attached hydrogens (tertiary/aromatic N) is 1. The number of ketones is 1. The van der Waals surface area contributed by atoms with E-state index in [9.17, 15) is 22.8 Å². The van der Waals surface area contributed by atoms with Crippen LogP contribution in [0.5, 0.6) is 0 Å². The van der Waals surface area contributed by atoms with Gasteiger partial charge in [0.25, 0.3) is 0 Å². The van der Waals surface area contributed by atoms with Gasteiger partial charge in [0.2, 0.25) is 5.91 Å². The van der Waals surface area contributed by atoms with E-state index in [1.165, 1.54) is 14.0 Å². The number of esters is 1. The molecule has 0 saturated carbocycles. The van der Waals surface area contributed by atoms with Crippen molar-refractivity contribution in [2.45, 2.75) is 31.1 Å². The highest BCUT2D eigenvalue weighted by molar-refractivity contribution is 7.91. The molecule has 2 unspecified atom stereocenters. The summed E-state index contributed by atoms with van der Waals surface area (Å²) < 4.78 is 27.6. The molecule has 0 aromatic carbocycles. The van der Waals surface area contributed by atoms with Gasteiger partial charge in [-0.05, 0) is 13.3 Å². The zero-order valence-corrected chi connectivity index (χ0v) is 11.9. The SMILES string of the molecule is COC(=O)C1CC(S(C)(=O)=O)CN1C(=O)CC(C)=O. The Morgan fingerprint density at radius 3 is 2.32 bits per heavy atom. The molecule has 1 aliphatic heterocycles. The zero-order valence-electron chi connectivity index (χ0n) is 11.1. The third kappa shape index (κ3) is 3.76. The van der Waals surface area contributed by atoms with Crippen LogP contribution in [0.25, 0.3) is 0 Å². The number of carbonyl (C=O) groups is 3. The van der Waals surface area contributed by atoms with Crippen LogP contribution in [-0.2, 0) is 29.0 Å². The summed E-state index contributed by atoms with van der Waals surface area (Å²) in [6.45, 7) is 1.18. The predicted octanol–water partition coefficient (Wildman–Crippen LogP) is -0.847. The van der Waals surface area contributed by atoms with Gasteiger partial charge in [0, 0.05) is 12.8 Å². The summed E-state index contributed by atoms with van der Waals surface area (Å²) in [6, 6.07) is -0.934. The molecule has 7 nitrogen and oxygen atoms in total. The van der Waals surface area contributed by atoms with E-state index < -0.39 is 33.0 Å². The van der Waals surface area contributed by atoms with Gasteiger partial charge in [0.05, 0.1) is 18.8 Å². The van der Waals surface area contributed by atoms with E-state index in [4.69, 9.17) is 0 Å². The lowest BCUT2D eigenvalue weighted by Crippen LogP contribution is -2.41. The third-order valence-corrected chi connectivity index (χ3v) is 4.61. The number of hydrogen-bond donors (Lipinski definition) is 0. The second kappa shape index (κ2) is 5.68. The Labute approximate surface area is 111 Å². The fourth-order valence-electron chi connectivity index (χ4n) is 2.06. The number of Topliss-reactive ketones (excluding diaryl/α,β-unsaturated/α-hetero) is 1. The van der Waals surface area contributed by atoms with Crippen LogP contribution < -0.4 is 0 Å². The van der Waals surface area contributed by atoms with Crippen molar-refractivity contribution in [3.63, 3.8) is 0 Å². The van der Waals surface area contributed by atoms with Crippen LogP contribution in [0.4, 0.5) is 0 Å². The quantitative estimate of drug-likeness (QED) is 0.494. The molecule has 0 radical (unpaired) electrons. The van der Waals surface area contributed by atoms with Crippen molar-refractivity contribution in [2.24, 2.45) is 0 Å². The van der Waals surface area contributed by atoms with Gasteiger partial charge in [0.15, 0.2) is 9.84 Å². The maximum Gasteiger partial charge on any atom is 0.328 e. The first-order valence-electron chi connectivity index (χ1n) is 5.72. The first-order chi connectivity index (χ1) is 8.66. The predicted molar refractivity (Wildman–Crippen MR) is 66.1 cm³/mol. The fraction of sp³-hybridized carbons (Fsp3) is 0.727. The summed E-state index contributed by atoms with van der Waals surface area (Å²) in [6.07, 6.45) is 0.726. The lowest BCUT2D eigenvalue weighted by molar-refractivity contribution is -0.151. The Bertz CT molecular complexity index is 497. The minimum absolute atomic E-state index is 0.00908. The first kappa shape index (κ1) is 15.6.